The summed E-state index contributed by atoms with van der Waals surface area (Å²) in [6, 6.07) is 11.6. The molecule has 1 amide bonds. The van der Waals surface area contributed by atoms with Gasteiger partial charge < -0.3 is 15.4 Å². The number of hydrogen-bond acceptors (Lipinski definition) is 3. The zero-order chi connectivity index (χ0) is 20.4. The van der Waals surface area contributed by atoms with Crippen molar-refractivity contribution in [1.82, 2.24) is 9.97 Å². The Hall–Kier alpha value is -3.67. The number of carboxylic acid groups (broad SMARTS) is 1. The van der Waals surface area contributed by atoms with E-state index in [-0.39, 0.29) is 12.3 Å². The third-order valence-electron chi connectivity index (χ3n) is 5.09. The van der Waals surface area contributed by atoms with Crippen molar-refractivity contribution in [3.05, 3.63) is 71.3 Å². The van der Waals surface area contributed by atoms with Crippen LogP contribution >= 0.6 is 0 Å². The van der Waals surface area contributed by atoms with E-state index in [2.05, 4.69) is 15.3 Å². The molecule has 0 radical (unpaired) electrons. The highest BCUT2D eigenvalue weighted by Gasteiger charge is 2.27. The largest absolute Gasteiger partial charge is 0.481 e. The van der Waals surface area contributed by atoms with E-state index in [9.17, 15) is 9.59 Å². The summed E-state index contributed by atoms with van der Waals surface area (Å²) in [6.45, 7) is 2.03. The minimum absolute atomic E-state index is 0.0439. The second-order valence-corrected chi connectivity index (χ2v) is 6.96. The van der Waals surface area contributed by atoms with Crippen LogP contribution in [-0.2, 0) is 22.4 Å². The normalized spacial score (nSPS) is 14.1. The van der Waals surface area contributed by atoms with E-state index in [0.717, 1.165) is 45.7 Å². The first-order valence-corrected chi connectivity index (χ1v) is 9.56. The first-order chi connectivity index (χ1) is 14.1. The number of aromatic nitrogens is 2. The molecule has 6 nitrogen and oxygen atoms in total. The lowest BCUT2D eigenvalue weighted by Crippen LogP contribution is -2.04. The maximum Gasteiger partial charge on any atom is 0.303 e. The van der Waals surface area contributed by atoms with Crippen molar-refractivity contribution in [2.75, 3.05) is 5.32 Å². The van der Waals surface area contributed by atoms with Gasteiger partial charge in [0.05, 0.1) is 5.57 Å². The van der Waals surface area contributed by atoms with Crippen LogP contribution in [0.5, 0.6) is 0 Å². The SMILES string of the molecule is CCc1cc(CCC(=O)O)c(C=C2C(=O)Nc3cccc(-c4ccncc4)c32)[nH]1. The van der Waals surface area contributed by atoms with E-state index in [0.29, 0.717) is 12.0 Å². The Bertz CT molecular complexity index is 1110. The maximum absolute atomic E-state index is 12.8. The summed E-state index contributed by atoms with van der Waals surface area (Å²) in [6.07, 6.45) is 6.54. The predicted molar refractivity (Wildman–Crippen MR) is 112 cm³/mol. The molecule has 146 valence electrons. The average molecular weight is 387 g/mol. The summed E-state index contributed by atoms with van der Waals surface area (Å²) in [5.41, 5.74) is 6.80. The first-order valence-electron chi connectivity index (χ1n) is 9.56. The number of aliphatic carboxylic acids is 1. The molecule has 4 rings (SSSR count). The van der Waals surface area contributed by atoms with Gasteiger partial charge in [0, 0.05) is 41.5 Å². The van der Waals surface area contributed by atoms with E-state index in [1.165, 1.54) is 0 Å². The van der Waals surface area contributed by atoms with Crippen molar-refractivity contribution in [3.63, 3.8) is 0 Å². The maximum atomic E-state index is 12.8. The molecule has 1 aliphatic heterocycles. The fourth-order valence-electron chi connectivity index (χ4n) is 3.65. The molecule has 0 fully saturated rings. The fourth-order valence-corrected chi connectivity index (χ4v) is 3.65. The van der Waals surface area contributed by atoms with Crippen LogP contribution in [0.1, 0.15) is 35.9 Å². The molecule has 2 aromatic heterocycles. The predicted octanol–water partition coefficient (Wildman–Crippen LogP) is 4.15. The molecule has 0 spiro atoms. The second-order valence-electron chi connectivity index (χ2n) is 6.96. The minimum Gasteiger partial charge on any atom is -0.481 e. The Kier molecular flexibility index (Phi) is 4.99. The number of nitrogens with one attached hydrogen (secondary N) is 2. The highest BCUT2D eigenvalue weighted by Crippen LogP contribution is 2.40. The van der Waals surface area contributed by atoms with E-state index in [1.807, 2.05) is 49.4 Å². The molecule has 0 saturated heterocycles. The summed E-state index contributed by atoms with van der Waals surface area (Å²) in [5.74, 6) is -1.01. The smallest absolute Gasteiger partial charge is 0.303 e. The number of rotatable bonds is 6. The number of carbonyl (C=O) groups excluding carboxylic acids is 1. The number of hydrogen-bond donors (Lipinski definition) is 3. The molecule has 0 unspecified atom stereocenters. The van der Waals surface area contributed by atoms with Gasteiger partial charge in [-0.25, -0.2) is 0 Å². The summed E-state index contributed by atoms with van der Waals surface area (Å²) < 4.78 is 0. The van der Waals surface area contributed by atoms with Gasteiger partial charge in [-0.3, -0.25) is 14.6 Å². The highest BCUT2D eigenvalue weighted by molar-refractivity contribution is 6.36. The number of fused-ring (bicyclic) bond motifs is 1. The molecule has 3 aromatic rings. The number of aromatic amines is 1. The van der Waals surface area contributed by atoms with E-state index in [4.69, 9.17) is 5.11 Å². The van der Waals surface area contributed by atoms with Gasteiger partial charge in [0.25, 0.3) is 5.91 Å². The second kappa shape index (κ2) is 7.75. The number of nitrogens with zero attached hydrogens (tertiary/aromatic N) is 1. The standard InChI is InChI=1S/C23H21N3O3/c1-2-16-12-15(6-7-21(27)28)20(25-16)13-18-22-17(14-8-10-24-11-9-14)4-3-5-19(22)26-23(18)29/h3-5,8-13,25H,2,6-7H2,1H3,(H,26,29)(H,27,28). The van der Waals surface area contributed by atoms with Crippen LogP contribution in [0.3, 0.4) is 0 Å². The van der Waals surface area contributed by atoms with E-state index in [1.54, 1.807) is 12.4 Å². The topological polar surface area (TPSA) is 95.1 Å². The first kappa shape index (κ1) is 18.7. The zero-order valence-electron chi connectivity index (χ0n) is 16.0. The number of anilines is 1. The van der Waals surface area contributed by atoms with Gasteiger partial charge in [0.2, 0.25) is 0 Å². The Balaban J connectivity index is 1.82. The third-order valence-corrected chi connectivity index (χ3v) is 5.09. The monoisotopic (exact) mass is 387 g/mol. The van der Waals surface area contributed by atoms with Crippen molar-refractivity contribution in [2.24, 2.45) is 0 Å². The van der Waals surface area contributed by atoms with Gasteiger partial charge in [0.1, 0.15) is 0 Å². The van der Waals surface area contributed by atoms with Gasteiger partial charge in [0.15, 0.2) is 0 Å². The molecule has 1 aliphatic rings. The van der Waals surface area contributed by atoms with Crippen molar-refractivity contribution >= 4 is 29.2 Å². The van der Waals surface area contributed by atoms with E-state index >= 15 is 0 Å². The van der Waals surface area contributed by atoms with Crippen LogP contribution in [0.15, 0.2) is 48.8 Å². The van der Waals surface area contributed by atoms with Crippen molar-refractivity contribution < 1.29 is 14.7 Å². The van der Waals surface area contributed by atoms with Crippen LogP contribution < -0.4 is 5.32 Å². The van der Waals surface area contributed by atoms with Crippen LogP contribution in [0.4, 0.5) is 5.69 Å². The number of aryl methyl sites for hydroxylation is 2. The molecule has 0 bridgehead atoms. The third kappa shape index (κ3) is 3.69. The Morgan fingerprint density at radius 3 is 2.72 bits per heavy atom. The summed E-state index contributed by atoms with van der Waals surface area (Å²) in [5, 5.41) is 12.0. The Morgan fingerprint density at radius 2 is 2.00 bits per heavy atom. The van der Waals surface area contributed by atoms with Crippen LogP contribution in [0, 0.1) is 0 Å². The van der Waals surface area contributed by atoms with Gasteiger partial charge in [-0.2, -0.15) is 0 Å². The molecular weight excluding hydrogens is 366 g/mol. The van der Waals surface area contributed by atoms with Gasteiger partial charge in [-0.05, 0) is 59.9 Å². The van der Waals surface area contributed by atoms with Crippen LogP contribution in [0.2, 0.25) is 0 Å². The molecule has 6 heteroatoms. The lowest BCUT2D eigenvalue weighted by atomic mass is 9.94. The van der Waals surface area contributed by atoms with Gasteiger partial charge in [-0.1, -0.05) is 19.1 Å². The zero-order valence-corrected chi connectivity index (χ0v) is 16.0. The highest BCUT2D eigenvalue weighted by atomic mass is 16.4. The van der Waals surface area contributed by atoms with Crippen LogP contribution in [0.25, 0.3) is 22.8 Å². The van der Waals surface area contributed by atoms with Crippen molar-refractivity contribution in [2.45, 2.75) is 26.2 Å². The number of H-pyrrole nitrogens is 1. The number of carbonyl (C=O) groups is 2. The fraction of sp³-hybridized carbons (Fsp3) is 0.174. The van der Waals surface area contributed by atoms with E-state index < -0.39 is 5.97 Å². The molecule has 3 N–H and O–H groups in total. The van der Waals surface area contributed by atoms with Crippen molar-refractivity contribution in [3.8, 4) is 11.1 Å². The molecule has 0 atom stereocenters. The van der Waals surface area contributed by atoms with Gasteiger partial charge in [-0.15, -0.1) is 0 Å². The molecule has 29 heavy (non-hydrogen) atoms. The molecule has 0 saturated carbocycles. The lowest BCUT2D eigenvalue weighted by molar-refractivity contribution is -0.137. The summed E-state index contributed by atoms with van der Waals surface area (Å²) in [4.78, 5) is 31.2. The number of benzene rings is 1. The summed E-state index contributed by atoms with van der Waals surface area (Å²) >= 11 is 0. The molecule has 0 aliphatic carbocycles. The number of carboxylic acids is 1. The number of pyridine rings is 1. The van der Waals surface area contributed by atoms with Crippen LogP contribution in [-0.4, -0.2) is 27.0 Å². The molecular formula is C23H21N3O3. The van der Waals surface area contributed by atoms with Gasteiger partial charge >= 0.3 is 5.97 Å². The minimum atomic E-state index is -0.841. The lowest BCUT2D eigenvalue weighted by Gasteiger charge is -2.08. The van der Waals surface area contributed by atoms with Crippen molar-refractivity contribution in [1.29, 1.82) is 0 Å². The summed E-state index contributed by atoms with van der Waals surface area (Å²) in [7, 11) is 0. The Morgan fingerprint density at radius 1 is 1.21 bits per heavy atom. The average Bonchev–Trinajstić information content (AvgIpc) is 3.27. The Labute approximate surface area is 168 Å². The quantitative estimate of drug-likeness (QED) is 0.554. The molecule has 3 heterocycles. The number of amides is 1. The molecule has 1 aromatic carbocycles.